The molecule has 0 radical (unpaired) electrons. The molecule has 0 saturated heterocycles. The van der Waals surface area contributed by atoms with E-state index in [2.05, 4.69) is 6.92 Å². The number of carbonyl (C=O) groups is 1. The molecule has 2 unspecified atom stereocenters. The van der Waals surface area contributed by atoms with Gasteiger partial charge in [0.1, 0.15) is 0 Å². The van der Waals surface area contributed by atoms with Crippen molar-refractivity contribution in [2.24, 2.45) is 11.8 Å². The molecular weight excluding hydrogens is 200 g/mol. The Hall–Kier alpha value is -0.530. The van der Waals surface area contributed by atoms with E-state index in [1.54, 1.807) is 0 Å². The Bertz CT molecular complexity index is 201. The smallest absolute Gasteiger partial charge is 0.305 e. The second-order valence-electron chi connectivity index (χ2n) is 5.32. The fraction of sp³-hybridized carbons (Fsp3) is 0.929. The molecule has 16 heavy (non-hydrogen) atoms. The van der Waals surface area contributed by atoms with Crippen LogP contribution in [-0.2, 0) is 9.53 Å². The van der Waals surface area contributed by atoms with Gasteiger partial charge in [-0.3, -0.25) is 4.79 Å². The molecule has 1 rings (SSSR count). The van der Waals surface area contributed by atoms with Gasteiger partial charge in [-0.1, -0.05) is 45.4 Å². The summed E-state index contributed by atoms with van der Waals surface area (Å²) in [6, 6.07) is 0. The zero-order valence-electron chi connectivity index (χ0n) is 10.8. The highest BCUT2D eigenvalue weighted by atomic mass is 16.5. The third-order valence-electron chi connectivity index (χ3n) is 3.80. The van der Waals surface area contributed by atoms with Gasteiger partial charge in [0, 0.05) is 6.42 Å². The molecule has 1 aliphatic carbocycles. The van der Waals surface area contributed by atoms with E-state index < -0.39 is 0 Å². The largest absolute Gasteiger partial charge is 0.469 e. The van der Waals surface area contributed by atoms with Crippen molar-refractivity contribution < 1.29 is 9.53 Å². The Morgan fingerprint density at radius 2 is 1.69 bits per heavy atom. The van der Waals surface area contributed by atoms with Gasteiger partial charge in [-0.2, -0.15) is 0 Å². The highest BCUT2D eigenvalue weighted by molar-refractivity contribution is 5.69. The first-order valence-corrected chi connectivity index (χ1v) is 6.79. The third-order valence-corrected chi connectivity index (χ3v) is 3.80. The standard InChI is InChI=1S/C14H26O2/c1-12-7-4-3-5-9-13(10-6-8-12)11-14(15)16-2/h12-13H,3-11H2,1-2H3. The van der Waals surface area contributed by atoms with Crippen LogP contribution in [0, 0.1) is 11.8 Å². The Morgan fingerprint density at radius 3 is 2.44 bits per heavy atom. The molecule has 2 atom stereocenters. The molecule has 0 amide bonds. The first kappa shape index (κ1) is 13.5. The van der Waals surface area contributed by atoms with E-state index in [0.717, 1.165) is 5.92 Å². The number of hydrogen-bond donors (Lipinski definition) is 0. The lowest BCUT2D eigenvalue weighted by molar-refractivity contribution is -0.141. The summed E-state index contributed by atoms with van der Waals surface area (Å²) >= 11 is 0. The van der Waals surface area contributed by atoms with Gasteiger partial charge in [0.2, 0.25) is 0 Å². The first-order valence-electron chi connectivity index (χ1n) is 6.79. The van der Waals surface area contributed by atoms with Crippen LogP contribution in [0.5, 0.6) is 0 Å². The fourth-order valence-corrected chi connectivity index (χ4v) is 2.67. The van der Waals surface area contributed by atoms with Crippen LogP contribution < -0.4 is 0 Å². The summed E-state index contributed by atoms with van der Waals surface area (Å²) in [6.45, 7) is 2.36. The van der Waals surface area contributed by atoms with Crippen molar-refractivity contribution in [2.75, 3.05) is 7.11 Å². The minimum atomic E-state index is -0.0323. The van der Waals surface area contributed by atoms with Gasteiger partial charge >= 0.3 is 5.97 Å². The molecule has 1 saturated carbocycles. The van der Waals surface area contributed by atoms with Crippen molar-refractivity contribution in [3.8, 4) is 0 Å². The van der Waals surface area contributed by atoms with Crippen LogP contribution in [0.3, 0.4) is 0 Å². The van der Waals surface area contributed by atoms with Crippen molar-refractivity contribution in [2.45, 2.75) is 64.7 Å². The number of hydrogen-bond acceptors (Lipinski definition) is 2. The van der Waals surface area contributed by atoms with Crippen molar-refractivity contribution in [3.05, 3.63) is 0 Å². The van der Waals surface area contributed by atoms with Crippen molar-refractivity contribution >= 4 is 5.97 Å². The van der Waals surface area contributed by atoms with Gasteiger partial charge in [-0.05, 0) is 24.7 Å². The van der Waals surface area contributed by atoms with Gasteiger partial charge < -0.3 is 4.74 Å². The lowest BCUT2D eigenvalue weighted by atomic mass is 9.87. The van der Waals surface area contributed by atoms with Gasteiger partial charge in [-0.15, -0.1) is 0 Å². The van der Waals surface area contributed by atoms with Crippen LogP contribution in [0.4, 0.5) is 0 Å². The van der Waals surface area contributed by atoms with Gasteiger partial charge in [0.25, 0.3) is 0 Å². The maximum atomic E-state index is 11.3. The Labute approximate surface area is 99.8 Å². The topological polar surface area (TPSA) is 26.3 Å². The van der Waals surface area contributed by atoms with Gasteiger partial charge in [0.05, 0.1) is 7.11 Å². The number of rotatable bonds is 2. The van der Waals surface area contributed by atoms with Crippen LogP contribution in [0.1, 0.15) is 64.7 Å². The molecule has 0 bridgehead atoms. The predicted molar refractivity (Wildman–Crippen MR) is 66.2 cm³/mol. The third kappa shape index (κ3) is 5.53. The Morgan fingerprint density at radius 1 is 1.06 bits per heavy atom. The average Bonchev–Trinajstić information content (AvgIpc) is 2.28. The normalized spacial score (nSPS) is 28.4. The molecule has 0 aliphatic heterocycles. The summed E-state index contributed by atoms with van der Waals surface area (Å²) in [4.78, 5) is 11.3. The summed E-state index contributed by atoms with van der Waals surface area (Å²) in [6.07, 6.45) is 11.0. The Kier molecular flexibility index (Phi) is 6.51. The number of ether oxygens (including phenoxy) is 1. The van der Waals surface area contributed by atoms with Crippen LogP contribution in [-0.4, -0.2) is 13.1 Å². The van der Waals surface area contributed by atoms with Crippen LogP contribution in [0.25, 0.3) is 0 Å². The van der Waals surface area contributed by atoms with Crippen molar-refractivity contribution in [3.63, 3.8) is 0 Å². The van der Waals surface area contributed by atoms with Gasteiger partial charge in [-0.25, -0.2) is 0 Å². The number of carbonyl (C=O) groups excluding carboxylic acids is 1. The van der Waals surface area contributed by atoms with E-state index in [4.69, 9.17) is 4.74 Å². The summed E-state index contributed by atoms with van der Waals surface area (Å²) in [5.41, 5.74) is 0. The monoisotopic (exact) mass is 226 g/mol. The molecule has 0 aromatic heterocycles. The molecule has 0 aromatic rings. The zero-order chi connectivity index (χ0) is 11.8. The highest BCUT2D eigenvalue weighted by Crippen LogP contribution is 2.26. The molecule has 0 N–H and O–H groups in total. The molecule has 0 spiro atoms. The van der Waals surface area contributed by atoms with Gasteiger partial charge in [0.15, 0.2) is 0 Å². The maximum Gasteiger partial charge on any atom is 0.305 e. The molecule has 1 aliphatic rings. The average molecular weight is 226 g/mol. The van der Waals surface area contributed by atoms with E-state index in [1.807, 2.05) is 0 Å². The van der Waals surface area contributed by atoms with E-state index in [1.165, 1.54) is 58.5 Å². The minimum Gasteiger partial charge on any atom is -0.469 e. The first-order chi connectivity index (χ1) is 7.72. The van der Waals surface area contributed by atoms with E-state index in [0.29, 0.717) is 12.3 Å². The fourth-order valence-electron chi connectivity index (χ4n) is 2.67. The highest BCUT2D eigenvalue weighted by Gasteiger charge is 2.15. The maximum absolute atomic E-state index is 11.3. The molecule has 94 valence electrons. The predicted octanol–water partition coefficient (Wildman–Crippen LogP) is 3.94. The summed E-state index contributed by atoms with van der Waals surface area (Å²) in [5, 5.41) is 0. The minimum absolute atomic E-state index is 0.0323. The number of methoxy groups -OCH3 is 1. The summed E-state index contributed by atoms with van der Waals surface area (Å²) in [5.74, 6) is 1.41. The molecule has 1 fully saturated rings. The molecule has 0 aromatic carbocycles. The second-order valence-corrected chi connectivity index (χ2v) is 5.32. The number of esters is 1. The SMILES string of the molecule is COC(=O)CC1CCCCCC(C)CCC1. The van der Waals surface area contributed by atoms with Crippen molar-refractivity contribution in [1.29, 1.82) is 0 Å². The van der Waals surface area contributed by atoms with E-state index >= 15 is 0 Å². The quantitative estimate of drug-likeness (QED) is 0.667. The van der Waals surface area contributed by atoms with E-state index in [-0.39, 0.29) is 5.97 Å². The lowest BCUT2D eigenvalue weighted by Gasteiger charge is -2.19. The summed E-state index contributed by atoms with van der Waals surface area (Å²) < 4.78 is 4.76. The molecule has 2 nitrogen and oxygen atoms in total. The van der Waals surface area contributed by atoms with Crippen LogP contribution >= 0.6 is 0 Å². The van der Waals surface area contributed by atoms with E-state index in [9.17, 15) is 4.79 Å². The van der Waals surface area contributed by atoms with Crippen LogP contribution in [0.2, 0.25) is 0 Å². The van der Waals surface area contributed by atoms with Crippen molar-refractivity contribution in [1.82, 2.24) is 0 Å². The molecule has 0 heterocycles. The molecular formula is C14H26O2. The molecule has 2 heteroatoms. The second kappa shape index (κ2) is 7.70. The zero-order valence-corrected chi connectivity index (χ0v) is 10.8. The lowest BCUT2D eigenvalue weighted by Crippen LogP contribution is -2.11. The van der Waals surface area contributed by atoms with Crippen LogP contribution in [0.15, 0.2) is 0 Å². The Balaban J connectivity index is 2.34. The summed E-state index contributed by atoms with van der Waals surface area (Å²) in [7, 11) is 1.49.